The SMILES string of the molecule is Cc1ccc([C@@H](OC(=O)c2ccccc2)[C@@H](C)Nc2ccc(NC(=O)c3ccccc3)cc2OCc2ccccc2)cc1. The molecule has 1 amide bonds. The van der Waals surface area contributed by atoms with Gasteiger partial charge in [-0.2, -0.15) is 0 Å². The molecule has 0 spiro atoms. The fourth-order valence-electron chi connectivity index (χ4n) is 4.66. The van der Waals surface area contributed by atoms with E-state index in [1.54, 1.807) is 30.3 Å². The first-order valence-electron chi connectivity index (χ1n) is 14.2. The predicted octanol–water partition coefficient (Wildman–Crippen LogP) is 8.23. The number of aryl methyl sites for hydroxylation is 1. The number of anilines is 2. The Bertz CT molecular complexity index is 1640. The summed E-state index contributed by atoms with van der Waals surface area (Å²) in [5.41, 5.74) is 5.34. The van der Waals surface area contributed by atoms with Gasteiger partial charge in [0.25, 0.3) is 5.91 Å². The Morgan fingerprint density at radius 3 is 1.98 bits per heavy atom. The summed E-state index contributed by atoms with van der Waals surface area (Å²) in [4.78, 5) is 26.0. The van der Waals surface area contributed by atoms with Crippen molar-refractivity contribution in [2.75, 3.05) is 10.6 Å². The minimum Gasteiger partial charge on any atom is -0.487 e. The van der Waals surface area contributed by atoms with Crippen molar-refractivity contribution in [2.45, 2.75) is 32.6 Å². The zero-order chi connectivity index (χ0) is 30.0. The molecule has 6 heteroatoms. The van der Waals surface area contributed by atoms with Crippen LogP contribution in [0.2, 0.25) is 0 Å². The Hall–Kier alpha value is -5.36. The van der Waals surface area contributed by atoms with E-state index >= 15 is 0 Å². The zero-order valence-electron chi connectivity index (χ0n) is 24.2. The summed E-state index contributed by atoms with van der Waals surface area (Å²) < 4.78 is 12.4. The number of hydrogen-bond donors (Lipinski definition) is 2. The van der Waals surface area contributed by atoms with E-state index in [4.69, 9.17) is 9.47 Å². The molecule has 0 aliphatic heterocycles. The van der Waals surface area contributed by atoms with Gasteiger partial charge in [0.05, 0.1) is 17.3 Å². The van der Waals surface area contributed by atoms with Crippen molar-refractivity contribution in [3.8, 4) is 5.75 Å². The highest BCUT2D eigenvalue weighted by Crippen LogP contribution is 2.33. The lowest BCUT2D eigenvalue weighted by molar-refractivity contribution is 0.0262. The molecule has 5 aromatic carbocycles. The van der Waals surface area contributed by atoms with Crippen LogP contribution in [0.3, 0.4) is 0 Å². The zero-order valence-corrected chi connectivity index (χ0v) is 24.2. The van der Waals surface area contributed by atoms with Crippen LogP contribution in [-0.4, -0.2) is 17.9 Å². The monoisotopic (exact) mass is 570 g/mol. The molecule has 6 nitrogen and oxygen atoms in total. The molecule has 5 aromatic rings. The first-order valence-corrected chi connectivity index (χ1v) is 14.2. The number of carbonyl (C=O) groups excluding carboxylic acids is 2. The molecule has 0 saturated carbocycles. The van der Waals surface area contributed by atoms with Gasteiger partial charge in [0, 0.05) is 17.3 Å². The van der Waals surface area contributed by atoms with Crippen molar-refractivity contribution < 1.29 is 19.1 Å². The largest absolute Gasteiger partial charge is 0.487 e. The second kappa shape index (κ2) is 14.0. The highest BCUT2D eigenvalue weighted by Gasteiger charge is 2.25. The summed E-state index contributed by atoms with van der Waals surface area (Å²) in [5.74, 6) is -0.0612. The van der Waals surface area contributed by atoms with E-state index in [1.807, 2.05) is 117 Å². The minimum absolute atomic E-state index is 0.212. The molecule has 0 heterocycles. The van der Waals surface area contributed by atoms with Crippen LogP contribution in [-0.2, 0) is 11.3 Å². The fourth-order valence-corrected chi connectivity index (χ4v) is 4.66. The van der Waals surface area contributed by atoms with E-state index in [-0.39, 0.29) is 11.9 Å². The van der Waals surface area contributed by atoms with Crippen molar-refractivity contribution >= 4 is 23.3 Å². The van der Waals surface area contributed by atoms with Crippen LogP contribution in [0.15, 0.2) is 133 Å². The maximum Gasteiger partial charge on any atom is 0.338 e. The normalized spacial score (nSPS) is 12.0. The first kappa shape index (κ1) is 29.1. The van der Waals surface area contributed by atoms with Crippen molar-refractivity contribution in [3.05, 3.63) is 161 Å². The fraction of sp³-hybridized carbons (Fsp3) is 0.135. The maximum absolute atomic E-state index is 13.1. The van der Waals surface area contributed by atoms with Gasteiger partial charge in [-0.1, -0.05) is 96.6 Å². The van der Waals surface area contributed by atoms with Gasteiger partial charge in [-0.25, -0.2) is 4.79 Å². The lowest BCUT2D eigenvalue weighted by Crippen LogP contribution is -2.28. The predicted molar refractivity (Wildman–Crippen MR) is 170 cm³/mol. The molecule has 43 heavy (non-hydrogen) atoms. The molecule has 2 N–H and O–H groups in total. The number of carbonyl (C=O) groups is 2. The number of ether oxygens (including phenoxy) is 2. The number of benzene rings is 5. The molecule has 0 bridgehead atoms. The second-order valence-corrected chi connectivity index (χ2v) is 10.3. The van der Waals surface area contributed by atoms with E-state index in [0.717, 1.165) is 16.7 Å². The Morgan fingerprint density at radius 2 is 1.33 bits per heavy atom. The molecule has 0 aliphatic rings. The summed E-state index contributed by atoms with van der Waals surface area (Å²) in [7, 11) is 0. The number of rotatable bonds is 11. The molecule has 0 radical (unpaired) electrons. The molecular formula is C37H34N2O4. The van der Waals surface area contributed by atoms with Crippen LogP contribution < -0.4 is 15.4 Å². The van der Waals surface area contributed by atoms with Crippen LogP contribution in [0.25, 0.3) is 0 Å². The van der Waals surface area contributed by atoms with Gasteiger partial charge in [0.15, 0.2) is 0 Å². The molecule has 216 valence electrons. The molecule has 0 saturated heterocycles. The first-order chi connectivity index (χ1) is 21.0. The molecule has 2 atom stereocenters. The van der Waals surface area contributed by atoms with Crippen LogP contribution in [0, 0.1) is 6.92 Å². The minimum atomic E-state index is -0.590. The van der Waals surface area contributed by atoms with E-state index in [2.05, 4.69) is 10.6 Å². The Morgan fingerprint density at radius 1 is 0.721 bits per heavy atom. The summed E-state index contributed by atoms with van der Waals surface area (Å²) >= 11 is 0. The van der Waals surface area contributed by atoms with Crippen molar-refractivity contribution in [3.63, 3.8) is 0 Å². The summed E-state index contributed by atoms with van der Waals surface area (Å²) in [6.45, 7) is 4.32. The third kappa shape index (κ3) is 7.89. The van der Waals surface area contributed by atoms with E-state index in [9.17, 15) is 9.59 Å². The lowest BCUT2D eigenvalue weighted by atomic mass is 10.0. The molecule has 0 aromatic heterocycles. The van der Waals surface area contributed by atoms with E-state index in [0.29, 0.717) is 34.9 Å². The smallest absolute Gasteiger partial charge is 0.338 e. The third-order valence-electron chi connectivity index (χ3n) is 7.00. The average Bonchev–Trinajstić information content (AvgIpc) is 3.05. The highest BCUT2D eigenvalue weighted by molar-refractivity contribution is 6.04. The topological polar surface area (TPSA) is 76.7 Å². The summed E-state index contributed by atoms with van der Waals surface area (Å²) in [6.07, 6.45) is -0.590. The quantitative estimate of drug-likeness (QED) is 0.157. The van der Waals surface area contributed by atoms with Crippen LogP contribution in [0.5, 0.6) is 5.75 Å². The third-order valence-corrected chi connectivity index (χ3v) is 7.00. The van der Waals surface area contributed by atoms with Gasteiger partial charge in [-0.3, -0.25) is 4.79 Å². The Labute approximate surface area is 252 Å². The average molecular weight is 571 g/mol. The highest BCUT2D eigenvalue weighted by atomic mass is 16.5. The van der Waals surface area contributed by atoms with Crippen molar-refractivity contribution in [1.82, 2.24) is 0 Å². The summed E-state index contributed by atoms with van der Waals surface area (Å²) in [6, 6.07) is 41.0. The molecular weight excluding hydrogens is 536 g/mol. The van der Waals surface area contributed by atoms with Gasteiger partial charge >= 0.3 is 5.97 Å². The van der Waals surface area contributed by atoms with Gasteiger partial charge in [0.2, 0.25) is 0 Å². The Kier molecular flexibility index (Phi) is 9.49. The second-order valence-electron chi connectivity index (χ2n) is 10.3. The van der Waals surface area contributed by atoms with E-state index < -0.39 is 12.1 Å². The van der Waals surface area contributed by atoms with Gasteiger partial charge in [-0.05, 0) is 61.4 Å². The number of esters is 1. The molecule has 5 rings (SSSR count). The lowest BCUT2D eigenvalue weighted by Gasteiger charge is -2.27. The number of amides is 1. The van der Waals surface area contributed by atoms with Crippen LogP contribution in [0.1, 0.15) is 50.4 Å². The molecule has 0 aliphatic carbocycles. The maximum atomic E-state index is 13.1. The summed E-state index contributed by atoms with van der Waals surface area (Å²) in [5, 5.41) is 6.47. The number of nitrogens with one attached hydrogen (secondary N) is 2. The van der Waals surface area contributed by atoms with Crippen molar-refractivity contribution in [2.24, 2.45) is 0 Å². The van der Waals surface area contributed by atoms with Gasteiger partial charge < -0.3 is 20.1 Å². The van der Waals surface area contributed by atoms with Crippen molar-refractivity contribution in [1.29, 1.82) is 0 Å². The standard InChI is InChI=1S/C37H34N2O4/c1-26-18-20-29(21-19-26)35(43-37(41)31-16-10-5-11-17-31)27(2)38-33-23-22-32(39-36(40)30-14-8-4-9-15-30)24-34(33)42-25-28-12-6-3-7-13-28/h3-24,27,35,38H,25H2,1-2H3,(H,39,40)/t27-,35+/m1/s1. The number of hydrogen-bond acceptors (Lipinski definition) is 5. The van der Waals surface area contributed by atoms with Crippen LogP contribution in [0.4, 0.5) is 11.4 Å². The Balaban J connectivity index is 1.41. The van der Waals surface area contributed by atoms with E-state index in [1.165, 1.54) is 0 Å². The van der Waals surface area contributed by atoms with Crippen LogP contribution >= 0.6 is 0 Å². The van der Waals surface area contributed by atoms with Gasteiger partial charge in [0.1, 0.15) is 18.5 Å². The molecule has 0 fully saturated rings. The van der Waals surface area contributed by atoms with Gasteiger partial charge in [-0.15, -0.1) is 0 Å². The molecule has 0 unspecified atom stereocenters.